The number of amidine groups is 1. The lowest BCUT2D eigenvalue weighted by Gasteiger charge is -2.32. The third-order valence-corrected chi connectivity index (χ3v) is 4.69. The fourth-order valence-electron chi connectivity index (χ4n) is 3.52. The van der Waals surface area contributed by atoms with E-state index in [1.807, 2.05) is 89.8 Å². The fourth-order valence-corrected chi connectivity index (χ4v) is 3.52. The predicted molar refractivity (Wildman–Crippen MR) is 99.7 cm³/mol. The van der Waals surface area contributed by atoms with E-state index in [9.17, 15) is 4.79 Å². The molecule has 0 bridgehead atoms. The number of amides is 1. The van der Waals surface area contributed by atoms with Gasteiger partial charge in [0.15, 0.2) is 5.84 Å². The van der Waals surface area contributed by atoms with E-state index in [0.717, 1.165) is 22.5 Å². The maximum absolute atomic E-state index is 13.1. The number of para-hydroxylation sites is 2. The van der Waals surface area contributed by atoms with Gasteiger partial charge in [-0.1, -0.05) is 71.9 Å². The Balaban J connectivity index is 1.74. The number of oxime groups is 1. The van der Waals surface area contributed by atoms with Crippen LogP contribution in [0.15, 0.2) is 90.1 Å². The Bertz CT molecular complexity index is 1020. The molecule has 126 valence electrons. The van der Waals surface area contributed by atoms with Crippen LogP contribution in [0.2, 0.25) is 0 Å². The minimum Gasteiger partial charge on any atom is -0.349 e. The molecule has 1 spiro atoms. The van der Waals surface area contributed by atoms with E-state index in [1.54, 1.807) is 0 Å². The van der Waals surface area contributed by atoms with Crippen molar-refractivity contribution < 1.29 is 9.63 Å². The van der Waals surface area contributed by atoms with Gasteiger partial charge in [-0.25, -0.2) is 0 Å². The molecule has 1 N–H and O–H groups in total. The van der Waals surface area contributed by atoms with Crippen molar-refractivity contribution in [3.63, 3.8) is 0 Å². The highest BCUT2D eigenvalue weighted by atomic mass is 16.7. The highest BCUT2D eigenvalue weighted by Gasteiger charge is 2.59. The van der Waals surface area contributed by atoms with Gasteiger partial charge in [0.25, 0.3) is 5.91 Å². The summed E-state index contributed by atoms with van der Waals surface area (Å²) in [6.07, 6.45) is 0. The summed E-state index contributed by atoms with van der Waals surface area (Å²) >= 11 is 0. The molecule has 3 aromatic carbocycles. The number of fused-ring (bicyclic) bond motifs is 2. The molecule has 1 amide bonds. The Labute approximate surface area is 150 Å². The number of benzene rings is 3. The topological polar surface area (TPSA) is 53.9 Å². The van der Waals surface area contributed by atoms with Crippen molar-refractivity contribution in [1.82, 2.24) is 0 Å². The molecule has 0 saturated heterocycles. The van der Waals surface area contributed by atoms with Crippen molar-refractivity contribution in [2.75, 3.05) is 10.2 Å². The second-order valence-corrected chi connectivity index (χ2v) is 6.19. The van der Waals surface area contributed by atoms with Gasteiger partial charge >= 0.3 is 5.72 Å². The molecule has 3 aromatic rings. The molecule has 0 fully saturated rings. The van der Waals surface area contributed by atoms with E-state index < -0.39 is 5.72 Å². The molecule has 0 aliphatic carbocycles. The van der Waals surface area contributed by atoms with Crippen molar-refractivity contribution in [2.24, 2.45) is 5.16 Å². The third kappa shape index (κ3) is 1.91. The lowest BCUT2D eigenvalue weighted by atomic mass is 10.00. The smallest absolute Gasteiger partial charge is 0.322 e. The zero-order valence-corrected chi connectivity index (χ0v) is 13.8. The number of nitrogens with one attached hydrogen (secondary N) is 1. The van der Waals surface area contributed by atoms with E-state index in [2.05, 4.69) is 10.5 Å². The van der Waals surface area contributed by atoms with Crippen LogP contribution in [0, 0.1) is 0 Å². The molecule has 1 unspecified atom stereocenters. The largest absolute Gasteiger partial charge is 0.349 e. The van der Waals surface area contributed by atoms with Crippen LogP contribution in [0.4, 0.5) is 11.4 Å². The SMILES string of the molecule is O=C1Nc2ccccc2C12ON=C(c1ccccc1)N2c1ccccc1. The molecule has 5 nitrogen and oxygen atoms in total. The van der Waals surface area contributed by atoms with E-state index in [-0.39, 0.29) is 5.91 Å². The van der Waals surface area contributed by atoms with Gasteiger partial charge in [0.1, 0.15) is 0 Å². The second kappa shape index (κ2) is 5.46. The molecule has 0 aromatic heterocycles. The number of carbonyl (C=O) groups is 1. The van der Waals surface area contributed by atoms with Gasteiger partial charge in [0, 0.05) is 11.3 Å². The first-order valence-electron chi connectivity index (χ1n) is 8.38. The monoisotopic (exact) mass is 341 g/mol. The Morgan fingerprint density at radius 2 is 1.50 bits per heavy atom. The zero-order chi connectivity index (χ0) is 17.6. The number of anilines is 2. The van der Waals surface area contributed by atoms with Crippen LogP contribution in [0.5, 0.6) is 0 Å². The van der Waals surface area contributed by atoms with E-state index >= 15 is 0 Å². The number of carbonyl (C=O) groups excluding carboxylic acids is 1. The first-order chi connectivity index (χ1) is 12.8. The summed E-state index contributed by atoms with van der Waals surface area (Å²) in [7, 11) is 0. The number of nitrogens with zero attached hydrogens (tertiary/aromatic N) is 2. The Kier molecular flexibility index (Phi) is 3.09. The van der Waals surface area contributed by atoms with Gasteiger partial charge in [0.2, 0.25) is 0 Å². The molecular weight excluding hydrogens is 326 g/mol. The lowest BCUT2D eigenvalue weighted by Crippen LogP contribution is -2.51. The van der Waals surface area contributed by atoms with Crippen molar-refractivity contribution in [3.05, 3.63) is 96.1 Å². The predicted octanol–water partition coefficient (Wildman–Crippen LogP) is 3.69. The average Bonchev–Trinajstić information content (AvgIpc) is 3.23. The van der Waals surface area contributed by atoms with Crippen LogP contribution in [0.1, 0.15) is 11.1 Å². The number of hydrogen-bond acceptors (Lipinski definition) is 4. The zero-order valence-electron chi connectivity index (χ0n) is 13.8. The van der Waals surface area contributed by atoms with Crippen molar-refractivity contribution in [2.45, 2.75) is 5.72 Å². The summed E-state index contributed by atoms with van der Waals surface area (Å²) in [5.74, 6) is 0.348. The molecule has 5 rings (SSSR count). The quantitative estimate of drug-likeness (QED) is 0.773. The van der Waals surface area contributed by atoms with Crippen LogP contribution in [-0.4, -0.2) is 11.7 Å². The molecule has 0 saturated carbocycles. The van der Waals surface area contributed by atoms with Crippen molar-refractivity contribution >= 4 is 23.1 Å². The van der Waals surface area contributed by atoms with Crippen LogP contribution >= 0.6 is 0 Å². The first kappa shape index (κ1) is 14.7. The maximum Gasteiger partial charge on any atom is 0.322 e. The average molecular weight is 341 g/mol. The van der Waals surface area contributed by atoms with Crippen LogP contribution in [0.3, 0.4) is 0 Å². The molecule has 0 radical (unpaired) electrons. The van der Waals surface area contributed by atoms with Gasteiger partial charge < -0.3 is 10.2 Å². The summed E-state index contributed by atoms with van der Waals surface area (Å²) in [6.45, 7) is 0. The van der Waals surface area contributed by atoms with Crippen molar-refractivity contribution in [1.29, 1.82) is 0 Å². The fraction of sp³-hybridized carbons (Fsp3) is 0.0476. The molecule has 5 heteroatoms. The first-order valence-corrected chi connectivity index (χ1v) is 8.38. The second-order valence-electron chi connectivity index (χ2n) is 6.19. The van der Waals surface area contributed by atoms with Gasteiger partial charge in [-0.15, -0.1) is 0 Å². The van der Waals surface area contributed by atoms with Crippen LogP contribution < -0.4 is 10.2 Å². The molecule has 26 heavy (non-hydrogen) atoms. The number of hydrogen-bond donors (Lipinski definition) is 1. The maximum atomic E-state index is 13.1. The minimum atomic E-state index is -1.34. The highest BCUT2D eigenvalue weighted by Crippen LogP contribution is 2.47. The van der Waals surface area contributed by atoms with Crippen LogP contribution in [-0.2, 0) is 15.4 Å². The van der Waals surface area contributed by atoms with E-state index in [1.165, 1.54) is 0 Å². The van der Waals surface area contributed by atoms with Gasteiger partial charge in [0.05, 0.1) is 11.3 Å². The third-order valence-electron chi connectivity index (χ3n) is 4.69. The summed E-state index contributed by atoms with van der Waals surface area (Å²) in [5, 5.41) is 7.25. The van der Waals surface area contributed by atoms with Crippen LogP contribution in [0.25, 0.3) is 0 Å². The molecule has 1 atom stereocenters. The summed E-state index contributed by atoms with van der Waals surface area (Å²) in [5.41, 5.74) is 1.86. The lowest BCUT2D eigenvalue weighted by molar-refractivity contribution is -0.137. The normalized spacial score (nSPS) is 20.5. The van der Waals surface area contributed by atoms with E-state index in [4.69, 9.17) is 4.84 Å². The summed E-state index contributed by atoms with van der Waals surface area (Å²) in [6, 6.07) is 27.0. The molecular formula is C21H15N3O2. The Hall–Kier alpha value is -3.60. The van der Waals surface area contributed by atoms with Gasteiger partial charge in [-0.3, -0.25) is 9.69 Å². The standard InChI is InChI=1S/C21H15N3O2/c25-20-21(17-13-7-8-14-18(17)22-20)24(16-11-5-2-6-12-16)19(23-26-21)15-9-3-1-4-10-15/h1-14H,(H,22,25). The molecule has 2 heterocycles. The summed E-state index contributed by atoms with van der Waals surface area (Å²) in [4.78, 5) is 20.8. The summed E-state index contributed by atoms with van der Waals surface area (Å²) < 4.78 is 0. The number of rotatable bonds is 2. The van der Waals surface area contributed by atoms with Gasteiger partial charge in [-0.2, -0.15) is 0 Å². The van der Waals surface area contributed by atoms with Gasteiger partial charge in [-0.05, 0) is 18.2 Å². The Morgan fingerprint density at radius 1 is 0.846 bits per heavy atom. The molecule has 2 aliphatic rings. The molecule has 2 aliphatic heterocycles. The van der Waals surface area contributed by atoms with Crippen molar-refractivity contribution in [3.8, 4) is 0 Å². The Morgan fingerprint density at radius 3 is 2.27 bits per heavy atom. The van der Waals surface area contributed by atoms with E-state index in [0.29, 0.717) is 5.84 Å². The minimum absolute atomic E-state index is 0.253. The highest BCUT2D eigenvalue weighted by molar-refractivity contribution is 6.19.